The van der Waals surface area contributed by atoms with Gasteiger partial charge in [0.25, 0.3) is 40.1 Å². The van der Waals surface area contributed by atoms with Crippen LogP contribution in [0.5, 0.6) is 5.75 Å². The maximum absolute atomic E-state index is 13.8. The van der Waals surface area contributed by atoms with Crippen molar-refractivity contribution in [3.8, 4) is 26.2 Å². The Kier molecular flexibility index (Phi) is 19.6. The third kappa shape index (κ3) is 15.2. The van der Waals surface area contributed by atoms with Gasteiger partial charge in [-0.05, 0) is 97.2 Å². The normalized spacial score (nSPS) is 14.4. The number of pyridine rings is 4. The number of hydrogen-bond acceptors (Lipinski definition) is 25. The van der Waals surface area contributed by atoms with Crippen LogP contribution in [0.4, 0.5) is 4.39 Å². The van der Waals surface area contributed by atoms with Crippen LogP contribution >= 0.6 is 45.3 Å². The van der Waals surface area contributed by atoms with E-state index in [1.165, 1.54) is 47.3 Å². The van der Waals surface area contributed by atoms with Crippen molar-refractivity contribution < 1.29 is 52.0 Å². The lowest BCUT2D eigenvalue weighted by Gasteiger charge is -2.21. The van der Waals surface area contributed by atoms with Crippen molar-refractivity contribution in [1.29, 1.82) is 0 Å². The van der Waals surface area contributed by atoms with Crippen LogP contribution in [-0.2, 0) is 104 Å². The Labute approximate surface area is 548 Å². The number of aliphatic imine (C=N–C) groups is 4. The molecule has 478 valence electrons. The molecule has 9 aromatic heterocycles. The number of thiophene rings is 2. The lowest BCUT2D eigenvalue weighted by Crippen LogP contribution is -2.31. The van der Waals surface area contributed by atoms with E-state index < -0.39 is 45.9 Å². The van der Waals surface area contributed by atoms with Gasteiger partial charge >= 0.3 is 0 Å². The Morgan fingerprint density at radius 3 is 1.59 bits per heavy atom. The van der Waals surface area contributed by atoms with Gasteiger partial charge in [0.05, 0.1) is 101 Å². The van der Waals surface area contributed by atoms with Crippen LogP contribution < -0.4 is 23.6 Å². The van der Waals surface area contributed by atoms with Crippen LogP contribution in [-0.4, -0.2) is 90.5 Å². The van der Waals surface area contributed by atoms with Crippen molar-refractivity contribution in [2.24, 2.45) is 20.0 Å². The third-order valence-electron chi connectivity index (χ3n) is 13.9. The summed E-state index contributed by atoms with van der Waals surface area (Å²) in [5.41, 5.74) is 8.24. The number of aromatic nitrogens is 6. The zero-order valence-electron chi connectivity index (χ0n) is 48.5. The number of thiazole rings is 2. The quantitative estimate of drug-likeness (QED) is 0.0798. The molecule has 0 spiro atoms. The van der Waals surface area contributed by atoms with Gasteiger partial charge < -0.3 is 13.9 Å². The van der Waals surface area contributed by atoms with Crippen molar-refractivity contribution in [3.05, 3.63) is 228 Å². The molecule has 1 aromatic carbocycles. The summed E-state index contributed by atoms with van der Waals surface area (Å²) in [6, 6.07) is 25.7. The summed E-state index contributed by atoms with van der Waals surface area (Å²) in [5, 5.41) is 7.90. The SMILES string of the molecule is Cc1nc(-c2ccc(CNS(=O)(=O)C3=NCc4ncccc43)s2)cs1.O=S(=O)(NCc1cc(F)cc2c1OCOC2)C1=NCc2ncccc21.O=S(=O)(NCc1ccoc1)C1=NCc2ncccc21.O=S(=O)(NCc1csc(-c2cccs2)n1)C1=NCc2ncccc21. The van der Waals surface area contributed by atoms with Gasteiger partial charge in [-0.2, -0.15) is 0 Å². The summed E-state index contributed by atoms with van der Waals surface area (Å²) in [6.45, 7) is 3.79. The highest BCUT2D eigenvalue weighted by molar-refractivity contribution is 8.06. The molecular weight excluding hydrogens is 1360 g/mol. The molecule has 10 aromatic rings. The van der Waals surface area contributed by atoms with Gasteiger partial charge in [0.2, 0.25) is 0 Å². The van der Waals surface area contributed by atoms with E-state index in [0.717, 1.165) is 35.9 Å². The Bertz CT molecular complexity index is 5020. The predicted molar refractivity (Wildman–Crippen MR) is 352 cm³/mol. The predicted octanol–water partition coefficient (Wildman–Crippen LogP) is 8.12. The van der Waals surface area contributed by atoms with E-state index >= 15 is 0 Å². The minimum absolute atomic E-state index is 0.0458. The average Bonchev–Trinajstić information content (AvgIpc) is 1.78. The van der Waals surface area contributed by atoms with Gasteiger partial charge in [-0.1, -0.05) is 6.07 Å². The molecule has 0 unspecified atom stereocenters. The number of benzene rings is 1. The second-order valence-electron chi connectivity index (χ2n) is 20.2. The average molecular weight is 1410 g/mol. The van der Waals surface area contributed by atoms with Crippen LogP contribution in [0.25, 0.3) is 20.5 Å². The number of nitrogens with one attached hydrogen (secondary N) is 4. The van der Waals surface area contributed by atoms with Crippen molar-refractivity contribution in [2.45, 2.75) is 65.9 Å². The number of halogens is 1. The fraction of sp³-hybridized carbons (Fsp3) is 0.186. The largest absolute Gasteiger partial charge is 0.472 e. The van der Waals surface area contributed by atoms with E-state index in [1.54, 1.807) is 102 Å². The summed E-state index contributed by atoms with van der Waals surface area (Å²) in [4.78, 5) is 44.9. The first-order valence-corrected chi connectivity index (χ1v) is 37.2. The molecular formula is C59H51FN14O11S8. The molecule has 0 atom stereocenters. The van der Waals surface area contributed by atoms with E-state index in [-0.39, 0.29) is 66.3 Å². The summed E-state index contributed by atoms with van der Waals surface area (Å²) in [6.07, 6.45) is 9.49. The number of aryl methyl sites for hydroxylation is 1. The summed E-state index contributed by atoms with van der Waals surface area (Å²) in [7, 11) is -14.9. The molecule has 5 aliphatic rings. The molecule has 93 heavy (non-hydrogen) atoms. The van der Waals surface area contributed by atoms with E-state index in [0.29, 0.717) is 87.2 Å². The van der Waals surface area contributed by atoms with E-state index in [2.05, 4.69) is 68.8 Å². The molecule has 0 saturated carbocycles. The molecule has 34 heteroatoms. The number of sulfonamides is 4. The molecule has 0 radical (unpaired) electrons. The van der Waals surface area contributed by atoms with Gasteiger partial charge in [0.1, 0.15) is 16.6 Å². The molecule has 4 N–H and O–H groups in total. The smallest absolute Gasteiger partial charge is 0.258 e. The van der Waals surface area contributed by atoms with Gasteiger partial charge in [0, 0.05) is 99.0 Å². The van der Waals surface area contributed by atoms with Crippen molar-refractivity contribution >= 4 is 106 Å². The van der Waals surface area contributed by atoms with Crippen LogP contribution in [0.1, 0.15) is 77.3 Å². The van der Waals surface area contributed by atoms with Crippen LogP contribution in [0.15, 0.2) is 169 Å². The highest BCUT2D eigenvalue weighted by Crippen LogP contribution is 2.33. The summed E-state index contributed by atoms with van der Waals surface area (Å²) >= 11 is 6.24. The van der Waals surface area contributed by atoms with Crippen LogP contribution in [0.3, 0.4) is 0 Å². The molecule has 0 amide bonds. The van der Waals surface area contributed by atoms with E-state index in [1.807, 2.05) is 47.3 Å². The first-order chi connectivity index (χ1) is 44.9. The minimum atomic E-state index is -3.86. The van der Waals surface area contributed by atoms with Crippen LogP contribution in [0, 0.1) is 12.7 Å². The number of rotatable bonds is 14. The molecule has 25 nitrogen and oxygen atoms in total. The number of nitrogens with zero attached hydrogens (tertiary/aromatic N) is 10. The van der Waals surface area contributed by atoms with Gasteiger partial charge in [-0.15, -0.1) is 45.3 Å². The molecule has 0 saturated heterocycles. The number of ether oxygens (including phenoxy) is 2. The Balaban J connectivity index is 0.000000120. The standard InChI is InChI=1S/C16H14FN3O4S.C16H14N4O2S3.C15H12N4O2S3.C12H11N3O3S/c17-12-4-10(15-11(5-12)8-23-9-24-15)6-20-25(21,22)16-13-2-1-3-18-14(13)7-19-16;1-10-20-14(9-23-10)15-5-4-11(24-15)7-19-25(21,22)16-12-3-2-6-17-13(12)8-18-16;20-24(21,15-11-3-1-5-16-12(11)8-17-15)18-7-10-9-23-14(19-10)13-4-2-6-22-13;16-19(17,15-6-9-3-5-18-8-9)12-10-2-1-4-13-11(10)7-14-12/h1-5,20H,6-9H2;2-6,9,19H,7-8H2,1H3;1-6,9,18H,7-8H2;1-5,8,15H,6-7H2. The highest BCUT2D eigenvalue weighted by Gasteiger charge is 2.32. The van der Waals surface area contributed by atoms with Crippen molar-refractivity contribution in [2.75, 3.05) is 6.79 Å². The minimum Gasteiger partial charge on any atom is -0.472 e. The Morgan fingerprint density at radius 1 is 0.548 bits per heavy atom. The van der Waals surface area contributed by atoms with E-state index in [9.17, 15) is 38.1 Å². The highest BCUT2D eigenvalue weighted by atomic mass is 32.2. The summed E-state index contributed by atoms with van der Waals surface area (Å²) in [5.74, 6) is -0.0272. The fourth-order valence-corrected chi connectivity index (χ4v) is 17.7. The van der Waals surface area contributed by atoms with E-state index in [4.69, 9.17) is 13.9 Å². The Hall–Kier alpha value is -8.23. The molecule has 0 bridgehead atoms. The second-order valence-corrected chi connectivity index (χ2v) is 31.0. The molecule has 0 aliphatic carbocycles. The first kappa shape index (κ1) is 64.9. The third-order valence-corrected chi connectivity index (χ3v) is 23.3. The molecule has 14 heterocycles. The lowest BCUT2D eigenvalue weighted by molar-refractivity contribution is -0.0172. The number of furan rings is 1. The number of hydrogen-bond donors (Lipinski definition) is 4. The van der Waals surface area contributed by atoms with Crippen molar-refractivity contribution in [3.63, 3.8) is 0 Å². The van der Waals surface area contributed by atoms with Crippen molar-refractivity contribution in [1.82, 2.24) is 48.8 Å². The molecule has 5 aliphatic heterocycles. The van der Waals surface area contributed by atoms with Gasteiger partial charge in [0.15, 0.2) is 27.0 Å². The lowest BCUT2D eigenvalue weighted by atomic mass is 10.1. The monoisotopic (exact) mass is 1410 g/mol. The Morgan fingerprint density at radius 2 is 1.09 bits per heavy atom. The molecule has 0 fully saturated rings. The second kappa shape index (κ2) is 28.2. The maximum atomic E-state index is 13.8. The summed E-state index contributed by atoms with van der Waals surface area (Å²) < 4.78 is 139. The van der Waals surface area contributed by atoms with Gasteiger partial charge in [-0.3, -0.25) is 39.9 Å². The van der Waals surface area contributed by atoms with Gasteiger partial charge in [-0.25, -0.2) is 66.9 Å². The maximum Gasteiger partial charge on any atom is 0.258 e. The fourth-order valence-electron chi connectivity index (χ4n) is 9.61. The molecule has 15 rings (SSSR count). The zero-order valence-corrected chi connectivity index (χ0v) is 55.1. The van der Waals surface area contributed by atoms with Crippen LogP contribution in [0.2, 0.25) is 0 Å². The number of fused-ring (bicyclic) bond motifs is 5. The zero-order chi connectivity index (χ0) is 64.7. The topological polar surface area (TPSA) is 343 Å². The first-order valence-electron chi connectivity index (χ1n) is 27.8.